The third-order valence-corrected chi connectivity index (χ3v) is 5.10. The molecule has 0 radical (unpaired) electrons. The summed E-state index contributed by atoms with van der Waals surface area (Å²) in [6, 6.07) is 6.48. The third-order valence-electron chi connectivity index (χ3n) is 4.86. The van der Waals surface area contributed by atoms with E-state index < -0.39 is 0 Å². The van der Waals surface area contributed by atoms with Crippen molar-refractivity contribution >= 4 is 22.6 Å². The Hall–Kier alpha value is -1.85. The quantitative estimate of drug-likeness (QED) is 0.793. The number of nitrogens with one attached hydrogen (secondary N) is 1. The van der Waals surface area contributed by atoms with Gasteiger partial charge in [-0.25, -0.2) is 9.97 Å². The number of imidazole rings is 2. The highest BCUT2D eigenvalue weighted by Crippen LogP contribution is 2.24. The fraction of sp³-hybridized carbons (Fsp3) is 0.444. The summed E-state index contributed by atoms with van der Waals surface area (Å²) in [5.74, 6) is 2.25. The molecular weight excluding hydrogens is 322 g/mol. The molecular formula is C18H22ClN5. The molecule has 0 amide bonds. The van der Waals surface area contributed by atoms with Gasteiger partial charge in [0.05, 0.1) is 22.8 Å². The Labute approximate surface area is 146 Å². The summed E-state index contributed by atoms with van der Waals surface area (Å²) in [6.07, 6.45) is 4.28. The molecule has 0 aliphatic carbocycles. The number of rotatable bonds is 3. The van der Waals surface area contributed by atoms with Crippen molar-refractivity contribution in [2.24, 2.45) is 7.05 Å². The molecule has 0 fully saturated rings. The molecule has 0 saturated heterocycles. The molecule has 2 atom stereocenters. The maximum absolute atomic E-state index is 6.09. The second-order valence-electron chi connectivity index (χ2n) is 6.74. The second kappa shape index (κ2) is 5.90. The van der Waals surface area contributed by atoms with E-state index in [1.807, 2.05) is 18.2 Å². The normalized spacial score (nSPS) is 18.8. The average Bonchev–Trinajstić information content (AvgIpc) is 3.06. The summed E-state index contributed by atoms with van der Waals surface area (Å²) < 4.78 is 4.43. The van der Waals surface area contributed by atoms with Crippen LogP contribution in [-0.4, -0.2) is 25.1 Å². The van der Waals surface area contributed by atoms with Crippen molar-refractivity contribution in [3.05, 3.63) is 46.8 Å². The van der Waals surface area contributed by atoms with Gasteiger partial charge in [-0.2, -0.15) is 0 Å². The number of aromatic nitrogens is 4. The van der Waals surface area contributed by atoms with Gasteiger partial charge in [0.25, 0.3) is 0 Å². The molecule has 126 valence electrons. The van der Waals surface area contributed by atoms with Crippen molar-refractivity contribution in [2.45, 2.75) is 45.3 Å². The highest BCUT2D eigenvalue weighted by Gasteiger charge is 2.23. The fourth-order valence-electron chi connectivity index (χ4n) is 3.73. The lowest BCUT2D eigenvalue weighted by Crippen LogP contribution is -2.39. The van der Waals surface area contributed by atoms with Crippen LogP contribution in [0.3, 0.4) is 0 Å². The van der Waals surface area contributed by atoms with Crippen LogP contribution in [-0.2, 0) is 20.0 Å². The second-order valence-corrected chi connectivity index (χ2v) is 7.17. The molecule has 3 aromatic rings. The van der Waals surface area contributed by atoms with E-state index in [4.69, 9.17) is 16.6 Å². The first-order valence-electron chi connectivity index (χ1n) is 8.42. The molecule has 0 bridgehead atoms. The van der Waals surface area contributed by atoms with Crippen molar-refractivity contribution in [3.63, 3.8) is 0 Å². The van der Waals surface area contributed by atoms with Crippen molar-refractivity contribution in [3.8, 4) is 0 Å². The van der Waals surface area contributed by atoms with E-state index in [0.717, 1.165) is 47.0 Å². The van der Waals surface area contributed by atoms with Gasteiger partial charge in [-0.1, -0.05) is 11.6 Å². The van der Waals surface area contributed by atoms with Gasteiger partial charge >= 0.3 is 0 Å². The number of aryl methyl sites for hydroxylation is 3. The Balaban J connectivity index is 1.54. The molecule has 1 aliphatic heterocycles. The van der Waals surface area contributed by atoms with Crippen molar-refractivity contribution in [1.82, 2.24) is 24.4 Å². The van der Waals surface area contributed by atoms with Crippen LogP contribution >= 0.6 is 11.6 Å². The van der Waals surface area contributed by atoms with Crippen LogP contribution in [0.4, 0.5) is 0 Å². The molecule has 4 rings (SSSR count). The van der Waals surface area contributed by atoms with Gasteiger partial charge < -0.3 is 14.5 Å². The lowest BCUT2D eigenvalue weighted by atomic mass is 10.1. The Bertz CT molecular complexity index is 894. The summed E-state index contributed by atoms with van der Waals surface area (Å²) in [6.45, 7) is 5.20. The summed E-state index contributed by atoms with van der Waals surface area (Å²) in [5.41, 5.74) is 3.16. The number of halogens is 1. The standard InChI is InChI=1S/C18H22ClN5/c1-11-9-24-10-14(5-7-17(24)20-11)21-12(2)18-22-15-8-13(19)4-6-16(15)23(18)3/h4,6,8-9,12,14,21H,5,7,10H2,1-3H3/t12-,14-/m1/s1. The molecule has 5 nitrogen and oxygen atoms in total. The molecule has 6 heteroatoms. The van der Waals surface area contributed by atoms with Gasteiger partial charge in [0.1, 0.15) is 11.6 Å². The summed E-state index contributed by atoms with van der Waals surface area (Å²) >= 11 is 6.09. The van der Waals surface area contributed by atoms with Crippen molar-refractivity contribution in [2.75, 3.05) is 0 Å². The van der Waals surface area contributed by atoms with E-state index in [1.54, 1.807) is 0 Å². The lowest BCUT2D eigenvalue weighted by Gasteiger charge is -2.27. The van der Waals surface area contributed by atoms with Crippen LogP contribution in [0.25, 0.3) is 11.0 Å². The number of hydrogen-bond donors (Lipinski definition) is 1. The van der Waals surface area contributed by atoms with E-state index in [0.29, 0.717) is 6.04 Å². The first kappa shape index (κ1) is 15.7. The number of hydrogen-bond acceptors (Lipinski definition) is 3. The predicted molar refractivity (Wildman–Crippen MR) is 96.3 cm³/mol. The molecule has 1 aliphatic rings. The third kappa shape index (κ3) is 2.72. The molecule has 24 heavy (non-hydrogen) atoms. The first-order chi connectivity index (χ1) is 11.5. The molecule has 0 spiro atoms. The zero-order valence-electron chi connectivity index (χ0n) is 14.3. The molecule has 2 aromatic heterocycles. The van der Waals surface area contributed by atoms with Crippen LogP contribution in [0.5, 0.6) is 0 Å². The highest BCUT2D eigenvalue weighted by atomic mass is 35.5. The zero-order valence-corrected chi connectivity index (χ0v) is 15.0. The maximum Gasteiger partial charge on any atom is 0.126 e. The maximum atomic E-state index is 6.09. The van der Waals surface area contributed by atoms with Gasteiger partial charge in [-0.05, 0) is 38.5 Å². The number of nitrogens with zero attached hydrogens (tertiary/aromatic N) is 4. The van der Waals surface area contributed by atoms with Crippen LogP contribution in [0, 0.1) is 6.92 Å². The number of fused-ring (bicyclic) bond motifs is 2. The van der Waals surface area contributed by atoms with Crippen LogP contribution < -0.4 is 5.32 Å². The summed E-state index contributed by atoms with van der Waals surface area (Å²) in [7, 11) is 2.06. The van der Waals surface area contributed by atoms with E-state index in [-0.39, 0.29) is 6.04 Å². The van der Waals surface area contributed by atoms with Gasteiger partial charge in [-0.3, -0.25) is 0 Å². The Morgan fingerprint density at radius 3 is 3.00 bits per heavy atom. The monoisotopic (exact) mass is 343 g/mol. The highest BCUT2D eigenvalue weighted by molar-refractivity contribution is 6.31. The first-order valence-corrected chi connectivity index (χ1v) is 8.79. The van der Waals surface area contributed by atoms with Gasteiger partial charge in [0, 0.05) is 37.3 Å². The lowest BCUT2D eigenvalue weighted by molar-refractivity contribution is 0.344. The molecule has 3 heterocycles. The van der Waals surface area contributed by atoms with Crippen molar-refractivity contribution < 1.29 is 0 Å². The minimum atomic E-state index is 0.178. The Kier molecular flexibility index (Phi) is 3.85. The van der Waals surface area contributed by atoms with E-state index in [1.165, 1.54) is 5.82 Å². The summed E-state index contributed by atoms with van der Waals surface area (Å²) in [5, 5.41) is 4.46. The molecule has 0 saturated carbocycles. The molecule has 1 N–H and O–H groups in total. The van der Waals surface area contributed by atoms with E-state index >= 15 is 0 Å². The van der Waals surface area contributed by atoms with E-state index in [2.05, 4.69) is 46.5 Å². The average molecular weight is 344 g/mol. The molecule has 1 aromatic carbocycles. The number of benzene rings is 1. The SMILES string of the molecule is Cc1cn2c(n1)CC[C@@H](N[C@H](C)c1nc3cc(Cl)ccc3n1C)C2. The zero-order chi connectivity index (χ0) is 16.8. The fourth-order valence-corrected chi connectivity index (χ4v) is 3.90. The van der Waals surface area contributed by atoms with Crippen LogP contribution in [0.1, 0.15) is 36.7 Å². The van der Waals surface area contributed by atoms with Gasteiger partial charge in [-0.15, -0.1) is 0 Å². The topological polar surface area (TPSA) is 47.7 Å². The minimum absolute atomic E-state index is 0.178. The van der Waals surface area contributed by atoms with Gasteiger partial charge in [0.2, 0.25) is 0 Å². The Morgan fingerprint density at radius 1 is 1.33 bits per heavy atom. The summed E-state index contributed by atoms with van der Waals surface area (Å²) in [4.78, 5) is 9.36. The predicted octanol–water partition coefficient (Wildman–Crippen LogP) is 3.40. The van der Waals surface area contributed by atoms with Crippen LogP contribution in [0.15, 0.2) is 24.4 Å². The van der Waals surface area contributed by atoms with Crippen molar-refractivity contribution in [1.29, 1.82) is 0 Å². The minimum Gasteiger partial charge on any atom is -0.333 e. The molecule has 0 unspecified atom stereocenters. The van der Waals surface area contributed by atoms with Gasteiger partial charge in [0.15, 0.2) is 0 Å². The van der Waals surface area contributed by atoms with E-state index in [9.17, 15) is 0 Å². The largest absolute Gasteiger partial charge is 0.333 e. The van der Waals surface area contributed by atoms with Crippen LogP contribution in [0.2, 0.25) is 5.02 Å². The smallest absolute Gasteiger partial charge is 0.126 e. The Morgan fingerprint density at radius 2 is 2.17 bits per heavy atom.